The summed E-state index contributed by atoms with van der Waals surface area (Å²) in [7, 11) is -4.22. The van der Waals surface area contributed by atoms with E-state index in [-0.39, 0.29) is 9.99 Å². The molecular weight excluding hydrogens is 303 g/mol. The molecule has 0 atom stereocenters. The Bertz CT molecular complexity index is 758. The number of hydrogen-bond donors (Lipinski definition) is 1. The minimum absolute atomic E-state index is 0.189. The van der Waals surface area contributed by atoms with Crippen LogP contribution in [0, 0.1) is 5.82 Å². The second-order valence-electron chi connectivity index (χ2n) is 3.84. The monoisotopic (exact) mass is 312 g/mol. The predicted molar refractivity (Wildman–Crippen MR) is 73.9 cm³/mol. The number of benzene rings is 1. The van der Waals surface area contributed by atoms with Crippen LogP contribution in [0.3, 0.4) is 0 Å². The van der Waals surface area contributed by atoms with Crippen molar-refractivity contribution in [2.75, 3.05) is 0 Å². The van der Waals surface area contributed by atoms with Crippen molar-refractivity contribution in [2.24, 2.45) is 0 Å². The number of carbonyl (C=O) groups is 1. The second kappa shape index (κ2) is 5.66. The highest BCUT2D eigenvalue weighted by molar-refractivity contribution is 7.88. The Hall–Kier alpha value is -1.83. The molecule has 1 aromatic heterocycles. The summed E-state index contributed by atoms with van der Waals surface area (Å²) in [5.41, 5.74) is 0.328. The summed E-state index contributed by atoms with van der Waals surface area (Å²) < 4.78 is 43.1. The van der Waals surface area contributed by atoms with Gasteiger partial charge in [0.05, 0.1) is 0 Å². The molecule has 0 aliphatic heterocycles. The van der Waals surface area contributed by atoms with Gasteiger partial charge < -0.3 is 0 Å². The molecule has 0 unspecified atom stereocenters. The van der Waals surface area contributed by atoms with E-state index in [0.29, 0.717) is 10.4 Å². The van der Waals surface area contributed by atoms with E-state index >= 15 is 0 Å². The largest absolute Gasteiger partial charge is 0.304 e. The van der Waals surface area contributed by atoms with Gasteiger partial charge in [-0.2, -0.15) is 8.42 Å². The highest BCUT2D eigenvalue weighted by atomic mass is 32.3. The summed E-state index contributed by atoms with van der Waals surface area (Å²) in [6.45, 7) is 0. The molecule has 0 saturated heterocycles. The van der Waals surface area contributed by atoms with Crippen molar-refractivity contribution in [1.82, 2.24) is 0 Å². The minimum Gasteiger partial charge on any atom is -0.289 e. The Labute approximate surface area is 118 Å². The minimum atomic E-state index is -4.22. The van der Waals surface area contributed by atoms with Gasteiger partial charge in [0.2, 0.25) is 0 Å². The summed E-state index contributed by atoms with van der Waals surface area (Å²) in [6.07, 6.45) is 2.69. The fourth-order valence-corrected chi connectivity index (χ4v) is 3.02. The van der Waals surface area contributed by atoms with Gasteiger partial charge in [-0.3, -0.25) is 9.35 Å². The van der Waals surface area contributed by atoms with E-state index in [2.05, 4.69) is 0 Å². The molecular formula is C13H9FO4S2. The lowest BCUT2D eigenvalue weighted by Crippen LogP contribution is -1.93. The van der Waals surface area contributed by atoms with Gasteiger partial charge in [0.1, 0.15) is 10.0 Å². The Morgan fingerprint density at radius 2 is 1.80 bits per heavy atom. The number of hydrogen-bond acceptors (Lipinski definition) is 4. The summed E-state index contributed by atoms with van der Waals surface area (Å²) in [4.78, 5) is 12.3. The molecule has 0 amide bonds. The van der Waals surface area contributed by atoms with Gasteiger partial charge in [-0.05, 0) is 48.6 Å². The zero-order chi connectivity index (χ0) is 14.8. The first kappa shape index (κ1) is 14.6. The molecule has 0 spiro atoms. The second-order valence-corrected chi connectivity index (χ2v) is 6.60. The van der Waals surface area contributed by atoms with Crippen LogP contribution in [0.25, 0.3) is 6.08 Å². The van der Waals surface area contributed by atoms with Gasteiger partial charge in [-0.25, -0.2) is 4.39 Å². The van der Waals surface area contributed by atoms with Crippen LogP contribution in [-0.4, -0.2) is 18.8 Å². The third kappa shape index (κ3) is 3.60. The van der Waals surface area contributed by atoms with Crippen molar-refractivity contribution in [2.45, 2.75) is 4.21 Å². The Morgan fingerprint density at radius 1 is 1.15 bits per heavy atom. The number of allylic oxidation sites excluding steroid dienone is 1. The average molecular weight is 312 g/mol. The smallest absolute Gasteiger partial charge is 0.289 e. The number of rotatable bonds is 4. The van der Waals surface area contributed by atoms with Crippen LogP contribution in [0.2, 0.25) is 0 Å². The first-order valence-corrected chi connectivity index (χ1v) is 7.67. The van der Waals surface area contributed by atoms with Crippen LogP contribution in [0.4, 0.5) is 4.39 Å². The van der Waals surface area contributed by atoms with Crippen molar-refractivity contribution < 1.29 is 22.2 Å². The summed E-state index contributed by atoms with van der Waals surface area (Å²) in [6, 6.07) is 7.82. The predicted octanol–water partition coefficient (Wildman–Crippen LogP) is 3.03. The molecule has 4 nitrogen and oxygen atoms in total. The third-order valence-corrected chi connectivity index (χ3v) is 4.76. The molecule has 2 aromatic rings. The van der Waals surface area contributed by atoms with E-state index in [4.69, 9.17) is 4.55 Å². The molecule has 7 heteroatoms. The average Bonchev–Trinajstić information content (AvgIpc) is 2.85. The van der Waals surface area contributed by atoms with Gasteiger partial charge in [0.25, 0.3) is 0 Å². The molecule has 0 aliphatic rings. The van der Waals surface area contributed by atoms with Gasteiger partial charge in [-0.1, -0.05) is 0 Å². The van der Waals surface area contributed by atoms with Gasteiger partial charge in [0, 0.05) is 10.4 Å². The maximum Gasteiger partial charge on any atom is 0.304 e. The van der Waals surface area contributed by atoms with Crippen molar-refractivity contribution >= 4 is 33.3 Å². The van der Waals surface area contributed by atoms with E-state index in [1.165, 1.54) is 48.6 Å². The number of carbonyl (C=O) groups excluding carboxylic acids is 1. The van der Waals surface area contributed by atoms with Crippen LogP contribution < -0.4 is 0 Å². The van der Waals surface area contributed by atoms with E-state index < -0.39 is 15.9 Å². The zero-order valence-corrected chi connectivity index (χ0v) is 11.6. The van der Waals surface area contributed by atoms with Crippen molar-refractivity contribution in [1.29, 1.82) is 0 Å². The first-order chi connectivity index (χ1) is 9.36. The molecule has 1 heterocycles. The summed E-state index contributed by atoms with van der Waals surface area (Å²) in [5.74, 6) is -0.756. The molecule has 20 heavy (non-hydrogen) atoms. The molecule has 0 bridgehead atoms. The van der Waals surface area contributed by atoms with Crippen LogP contribution in [-0.2, 0) is 10.1 Å². The van der Waals surface area contributed by atoms with Crippen LogP contribution >= 0.6 is 11.3 Å². The van der Waals surface area contributed by atoms with E-state index in [0.717, 1.165) is 11.3 Å². The maximum atomic E-state index is 12.7. The zero-order valence-electron chi connectivity index (χ0n) is 9.99. The first-order valence-electron chi connectivity index (χ1n) is 5.41. The molecule has 0 saturated carbocycles. The Morgan fingerprint density at radius 3 is 2.35 bits per heavy atom. The lowest BCUT2D eigenvalue weighted by molar-refractivity contribution is 0.104. The molecule has 0 radical (unpaired) electrons. The van der Waals surface area contributed by atoms with Crippen molar-refractivity contribution in [3.63, 3.8) is 0 Å². The fourth-order valence-electron chi connectivity index (χ4n) is 1.43. The molecule has 104 valence electrons. The molecule has 0 fully saturated rings. The van der Waals surface area contributed by atoms with E-state index in [1.54, 1.807) is 0 Å². The standard InChI is InChI=1S/C13H9FO4S2/c14-10-3-1-9(2-4-10)12(15)7-5-11-6-8-13(19-11)20(16,17)18/h1-8H,(H,16,17,18)/b7-5+. The maximum absolute atomic E-state index is 12.7. The van der Waals surface area contributed by atoms with Crippen LogP contribution in [0.15, 0.2) is 46.7 Å². The van der Waals surface area contributed by atoms with Gasteiger partial charge in [0.15, 0.2) is 5.78 Å². The topological polar surface area (TPSA) is 71.4 Å². The highest BCUT2D eigenvalue weighted by Crippen LogP contribution is 2.22. The SMILES string of the molecule is O=C(/C=C/c1ccc(S(=O)(=O)O)s1)c1ccc(F)cc1. The quantitative estimate of drug-likeness (QED) is 0.535. The lowest BCUT2D eigenvalue weighted by Gasteiger charge is -1.94. The number of ketones is 1. The highest BCUT2D eigenvalue weighted by Gasteiger charge is 2.11. The van der Waals surface area contributed by atoms with E-state index in [1.807, 2.05) is 0 Å². The van der Waals surface area contributed by atoms with E-state index in [9.17, 15) is 17.6 Å². The summed E-state index contributed by atoms with van der Waals surface area (Å²) >= 11 is 0.842. The Kier molecular flexibility index (Phi) is 4.12. The van der Waals surface area contributed by atoms with Gasteiger partial charge in [-0.15, -0.1) is 11.3 Å². The number of halogens is 1. The molecule has 2 rings (SSSR count). The third-order valence-electron chi connectivity index (χ3n) is 2.38. The lowest BCUT2D eigenvalue weighted by atomic mass is 10.1. The van der Waals surface area contributed by atoms with Crippen molar-refractivity contribution in [3.8, 4) is 0 Å². The van der Waals surface area contributed by atoms with Crippen molar-refractivity contribution in [3.05, 3.63) is 58.7 Å². The normalized spacial score (nSPS) is 11.9. The van der Waals surface area contributed by atoms with Crippen LogP contribution in [0.5, 0.6) is 0 Å². The Balaban J connectivity index is 2.15. The summed E-state index contributed by atoms with van der Waals surface area (Å²) in [5, 5.41) is 0. The fraction of sp³-hybridized carbons (Fsp3) is 0. The molecule has 1 aromatic carbocycles. The molecule has 0 aliphatic carbocycles. The molecule has 1 N–H and O–H groups in total. The van der Waals surface area contributed by atoms with Crippen LogP contribution in [0.1, 0.15) is 15.2 Å². The van der Waals surface area contributed by atoms with Gasteiger partial charge >= 0.3 is 10.1 Å². The number of thiophene rings is 1.